The zero-order chi connectivity index (χ0) is 17.1. The van der Waals surface area contributed by atoms with Crippen molar-refractivity contribution in [3.05, 3.63) is 48.4 Å². The fourth-order valence-corrected chi connectivity index (χ4v) is 3.12. The number of carbonyl (C=O) groups excluding carboxylic acids is 1. The Morgan fingerprint density at radius 3 is 2.68 bits per heavy atom. The molecule has 1 amide bonds. The minimum absolute atomic E-state index is 0.283. The third kappa shape index (κ3) is 3.90. The first-order chi connectivity index (χ1) is 12.3. The highest BCUT2D eigenvalue weighted by molar-refractivity contribution is 5.70. The second-order valence-electron chi connectivity index (χ2n) is 6.58. The normalized spacial score (nSPS) is 17.9. The fraction of sp³-hybridized carbons (Fsp3) is 0.421. The van der Waals surface area contributed by atoms with Gasteiger partial charge in [0, 0.05) is 43.9 Å². The van der Waals surface area contributed by atoms with Crippen LogP contribution >= 0.6 is 0 Å². The molecule has 1 saturated carbocycles. The third-order valence-corrected chi connectivity index (χ3v) is 4.70. The molecule has 0 unspecified atom stereocenters. The molecular formula is C19H22N4O2. The van der Waals surface area contributed by atoms with Crippen LogP contribution in [0.25, 0.3) is 0 Å². The fourth-order valence-electron chi connectivity index (χ4n) is 3.12. The van der Waals surface area contributed by atoms with Crippen LogP contribution in [0.2, 0.25) is 0 Å². The molecular weight excluding hydrogens is 316 g/mol. The highest BCUT2D eigenvalue weighted by atomic mass is 16.6. The minimum Gasteiger partial charge on any atom is -0.410 e. The van der Waals surface area contributed by atoms with Gasteiger partial charge in [-0.2, -0.15) is 0 Å². The first kappa shape index (κ1) is 15.9. The number of carbonyl (C=O) groups is 1. The number of ether oxygens (including phenoxy) is 1. The summed E-state index contributed by atoms with van der Waals surface area (Å²) in [5.74, 6) is 2.17. The van der Waals surface area contributed by atoms with Crippen LogP contribution in [0, 0.1) is 0 Å². The molecule has 1 saturated heterocycles. The number of amides is 1. The van der Waals surface area contributed by atoms with E-state index >= 15 is 0 Å². The van der Waals surface area contributed by atoms with Gasteiger partial charge in [0.25, 0.3) is 0 Å². The van der Waals surface area contributed by atoms with Gasteiger partial charge in [-0.05, 0) is 31.4 Å². The Hall–Kier alpha value is -2.63. The van der Waals surface area contributed by atoms with Crippen LogP contribution in [0.4, 0.5) is 10.6 Å². The Kier molecular flexibility index (Phi) is 4.50. The van der Waals surface area contributed by atoms with Crippen molar-refractivity contribution >= 4 is 11.9 Å². The van der Waals surface area contributed by atoms with Gasteiger partial charge < -0.3 is 14.5 Å². The number of benzene rings is 1. The van der Waals surface area contributed by atoms with Crippen LogP contribution in [0.5, 0.6) is 5.75 Å². The summed E-state index contributed by atoms with van der Waals surface area (Å²) in [6, 6.07) is 11.3. The van der Waals surface area contributed by atoms with E-state index in [0.717, 1.165) is 31.0 Å². The van der Waals surface area contributed by atoms with Crippen LogP contribution < -0.4 is 9.64 Å². The van der Waals surface area contributed by atoms with Crippen molar-refractivity contribution in [3.63, 3.8) is 0 Å². The standard InChI is InChI=1S/C19H22N4O2/c24-19(25-16-5-2-1-3-6-16)23-10-4-9-22(11-12-23)18-13-17(15-7-8-15)20-14-21-18/h1-3,5-6,13-15H,4,7-12H2. The summed E-state index contributed by atoms with van der Waals surface area (Å²) in [7, 11) is 0. The molecule has 0 radical (unpaired) electrons. The Labute approximate surface area is 147 Å². The first-order valence-corrected chi connectivity index (χ1v) is 8.88. The average Bonchev–Trinajstić information content (AvgIpc) is 3.49. The van der Waals surface area contributed by atoms with E-state index in [4.69, 9.17) is 4.74 Å². The number of anilines is 1. The summed E-state index contributed by atoms with van der Waals surface area (Å²) in [5.41, 5.74) is 1.15. The van der Waals surface area contributed by atoms with Crippen molar-refractivity contribution in [2.75, 3.05) is 31.1 Å². The largest absolute Gasteiger partial charge is 0.415 e. The first-order valence-electron chi connectivity index (χ1n) is 8.88. The van der Waals surface area contributed by atoms with E-state index in [-0.39, 0.29) is 6.09 Å². The van der Waals surface area contributed by atoms with E-state index in [1.54, 1.807) is 23.4 Å². The number of aromatic nitrogens is 2. The SMILES string of the molecule is O=C(Oc1ccccc1)N1CCCN(c2cc(C3CC3)ncn2)CC1. The molecule has 130 valence electrons. The molecule has 6 nitrogen and oxygen atoms in total. The van der Waals surface area contributed by atoms with Gasteiger partial charge in [-0.1, -0.05) is 18.2 Å². The molecule has 2 heterocycles. The summed E-state index contributed by atoms with van der Waals surface area (Å²) in [4.78, 5) is 25.2. The Morgan fingerprint density at radius 1 is 1.04 bits per heavy atom. The van der Waals surface area contributed by atoms with Crippen molar-refractivity contribution in [3.8, 4) is 5.75 Å². The lowest BCUT2D eigenvalue weighted by Gasteiger charge is -2.22. The maximum atomic E-state index is 12.4. The van der Waals surface area contributed by atoms with Crippen LogP contribution in [-0.4, -0.2) is 47.1 Å². The van der Waals surface area contributed by atoms with E-state index in [2.05, 4.69) is 20.9 Å². The number of nitrogens with zero attached hydrogens (tertiary/aromatic N) is 4. The summed E-state index contributed by atoms with van der Waals surface area (Å²) >= 11 is 0. The quantitative estimate of drug-likeness (QED) is 0.861. The molecule has 0 spiro atoms. The molecule has 1 aromatic carbocycles. The smallest absolute Gasteiger partial charge is 0.410 e. The van der Waals surface area contributed by atoms with Gasteiger partial charge in [-0.3, -0.25) is 0 Å². The lowest BCUT2D eigenvalue weighted by atomic mass is 10.2. The lowest BCUT2D eigenvalue weighted by molar-refractivity contribution is 0.155. The summed E-state index contributed by atoms with van der Waals surface area (Å²) in [6.07, 6.45) is 4.74. The molecule has 2 fully saturated rings. The van der Waals surface area contributed by atoms with Crippen molar-refractivity contribution in [2.24, 2.45) is 0 Å². The Morgan fingerprint density at radius 2 is 1.88 bits per heavy atom. The maximum absolute atomic E-state index is 12.4. The van der Waals surface area contributed by atoms with Gasteiger partial charge in [0.15, 0.2) is 0 Å². The molecule has 1 aromatic heterocycles. The molecule has 0 bridgehead atoms. The number of hydrogen-bond donors (Lipinski definition) is 0. The number of para-hydroxylation sites is 1. The molecule has 0 N–H and O–H groups in total. The van der Waals surface area contributed by atoms with Crippen LogP contribution in [0.1, 0.15) is 30.9 Å². The van der Waals surface area contributed by atoms with Crippen molar-refractivity contribution in [1.29, 1.82) is 0 Å². The topological polar surface area (TPSA) is 58.6 Å². The van der Waals surface area contributed by atoms with Crippen LogP contribution in [0.3, 0.4) is 0 Å². The van der Waals surface area contributed by atoms with Gasteiger partial charge in [0.2, 0.25) is 0 Å². The van der Waals surface area contributed by atoms with E-state index < -0.39 is 0 Å². The molecule has 0 atom stereocenters. The summed E-state index contributed by atoms with van der Waals surface area (Å²) < 4.78 is 5.45. The molecule has 6 heteroatoms. The van der Waals surface area contributed by atoms with Gasteiger partial charge in [-0.25, -0.2) is 14.8 Å². The molecule has 4 rings (SSSR count). The number of hydrogen-bond acceptors (Lipinski definition) is 5. The molecule has 2 aliphatic rings. The zero-order valence-electron chi connectivity index (χ0n) is 14.2. The van der Waals surface area contributed by atoms with E-state index in [1.165, 1.54) is 12.8 Å². The van der Waals surface area contributed by atoms with Crippen molar-refractivity contribution in [2.45, 2.75) is 25.2 Å². The zero-order valence-corrected chi connectivity index (χ0v) is 14.2. The predicted molar refractivity (Wildman–Crippen MR) is 94.9 cm³/mol. The Bertz CT molecular complexity index is 733. The molecule has 1 aliphatic heterocycles. The van der Waals surface area contributed by atoms with E-state index in [0.29, 0.717) is 24.8 Å². The summed E-state index contributed by atoms with van der Waals surface area (Å²) in [5, 5.41) is 0. The van der Waals surface area contributed by atoms with Gasteiger partial charge in [-0.15, -0.1) is 0 Å². The third-order valence-electron chi connectivity index (χ3n) is 4.70. The van der Waals surface area contributed by atoms with Gasteiger partial charge in [0.05, 0.1) is 0 Å². The lowest BCUT2D eigenvalue weighted by Crippen LogP contribution is -2.37. The van der Waals surface area contributed by atoms with E-state index in [1.807, 2.05) is 18.2 Å². The second-order valence-corrected chi connectivity index (χ2v) is 6.58. The maximum Gasteiger partial charge on any atom is 0.415 e. The average molecular weight is 338 g/mol. The molecule has 2 aromatic rings. The number of rotatable bonds is 3. The monoisotopic (exact) mass is 338 g/mol. The van der Waals surface area contributed by atoms with Crippen molar-refractivity contribution < 1.29 is 9.53 Å². The second kappa shape index (κ2) is 7.09. The highest BCUT2D eigenvalue weighted by Gasteiger charge is 2.26. The van der Waals surface area contributed by atoms with Crippen LogP contribution in [-0.2, 0) is 0 Å². The van der Waals surface area contributed by atoms with Gasteiger partial charge >= 0.3 is 6.09 Å². The van der Waals surface area contributed by atoms with Crippen molar-refractivity contribution in [1.82, 2.24) is 14.9 Å². The predicted octanol–water partition coefficient (Wildman–Crippen LogP) is 3.07. The van der Waals surface area contributed by atoms with Gasteiger partial charge in [0.1, 0.15) is 17.9 Å². The Balaban J connectivity index is 1.38. The van der Waals surface area contributed by atoms with E-state index in [9.17, 15) is 4.79 Å². The minimum atomic E-state index is -0.283. The van der Waals surface area contributed by atoms with Crippen LogP contribution in [0.15, 0.2) is 42.7 Å². The summed E-state index contributed by atoms with van der Waals surface area (Å²) in [6.45, 7) is 2.97. The molecule has 25 heavy (non-hydrogen) atoms. The highest BCUT2D eigenvalue weighted by Crippen LogP contribution is 2.39. The molecule has 1 aliphatic carbocycles.